The van der Waals surface area contributed by atoms with Crippen LogP contribution in [0.2, 0.25) is 0 Å². The number of aryl methyl sites for hydroxylation is 1. The molecule has 2 aromatic heterocycles. The van der Waals surface area contributed by atoms with E-state index in [9.17, 15) is 0 Å². The highest BCUT2D eigenvalue weighted by Gasteiger charge is 2.18. The van der Waals surface area contributed by atoms with Crippen molar-refractivity contribution in [2.75, 3.05) is 0 Å². The van der Waals surface area contributed by atoms with E-state index in [4.69, 9.17) is 10.3 Å². The van der Waals surface area contributed by atoms with E-state index in [2.05, 4.69) is 31.2 Å². The third-order valence-electron chi connectivity index (χ3n) is 3.14. The number of hydrogen-bond acceptors (Lipinski definition) is 5. The molecule has 1 aromatic carbocycles. The van der Waals surface area contributed by atoms with Crippen molar-refractivity contribution in [3.05, 3.63) is 64.0 Å². The Morgan fingerprint density at radius 3 is 2.90 bits per heavy atom. The van der Waals surface area contributed by atoms with E-state index in [1.165, 1.54) is 0 Å². The van der Waals surface area contributed by atoms with Crippen LogP contribution in [-0.4, -0.2) is 19.9 Å². The first-order valence-corrected chi connectivity index (χ1v) is 7.23. The Balaban J connectivity index is 1.79. The summed E-state index contributed by atoms with van der Waals surface area (Å²) in [6, 6.07) is 7.48. The number of rotatable bonds is 4. The third-order valence-corrected chi connectivity index (χ3v) is 3.91. The van der Waals surface area contributed by atoms with E-state index in [0.717, 1.165) is 15.6 Å². The Labute approximate surface area is 130 Å². The second-order valence-corrected chi connectivity index (χ2v) is 5.60. The molecule has 0 amide bonds. The molecule has 0 aliphatic rings. The molecule has 1 unspecified atom stereocenters. The van der Waals surface area contributed by atoms with Gasteiger partial charge in [-0.1, -0.05) is 39.3 Å². The molecule has 0 bridgehead atoms. The van der Waals surface area contributed by atoms with Crippen LogP contribution in [0, 0.1) is 0 Å². The average molecular weight is 348 g/mol. The van der Waals surface area contributed by atoms with Crippen molar-refractivity contribution in [1.29, 1.82) is 0 Å². The zero-order valence-corrected chi connectivity index (χ0v) is 13.0. The molecule has 7 heteroatoms. The predicted octanol–water partition coefficient (Wildman–Crippen LogP) is 2.20. The Morgan fingerprint density at radius 2 is 2.19 bits per heavy atom. The number of nitrogens with two attached hydrogens (primary N) is 1. The molecular weight excluding hydrogens is 334 g/mol. The van der Waals surface area contributed by atoms with Crippen LogP contribution in [0.1, 0.15) is 28.9 Å². The molecule has 108 valence electrons. The lowest BCUT2D eigenvalue weighted by atomic mass is 10.1. The average Bonchev–Trinajstić information content (AvgIpc) is 3.10. The summed E-state index contributed by atoms with van der Waals surface area (Å²) in [6.07, 6.45) is 4.12. The molecule has 2 heterocycles. The number of halogens is 1. The summed E-state index contributed by atoms with van der Waals surface area (Å²) in [5.41, 5.74) is 8.05. The van der Waals surface area contributed by atoms with Crippen molar-refractivity contribution in [1.82, 2.24) is 19.9 Å². The van der Waals surface area contributed by atoms with Gasteiger partial charge in [0.05, 0.1) is 6.20 Å². The normalized spacial score (nSPS) is 12.5. The smallest absolute Gasteiger partial charge is 0.248 e. The summed E-state index contributed by atoms with van der Waals surface area (Å²) in [7, 11) is 1.84. The summed E-state index contributed by atoms with van der Waals surface area (Å²) in [6.45, 7) is 0. The number of benzene rings is 1. The fourth-order valence-electron chi connectivity index (χ4n) is 2.02. The van der Waals surface area contributed by atoms with Gasteiger partial charge in [-0.05, 0) is 11.6 Å². The van der Waals surface area contributed by atoms with E-state index in [-0.39, 0.29) is 0 Å². The van der Waals surface area contributed by atoms with Crippen LogP contribution in [0.4, 0.5) is 0 Å². The second-order valence-electron chi connectivity index (χ2n) is 4.74. The van der Waals surface area contributed by atoms with Crippen LogP contribution in [-0.2, 0) is 13.5 Å². The highest BCUT2D eigenvalue weighted by molar-refractivity contribution is 9.10. The lowest BCUT2D eigenvalue weighted by Gasteiger charge is -2.02. The summed E-state index contributed by atoms with van der Waals surface area (Å²) >= 11 is 3.51. The Bertz CT molecular complexity index is 751. The molecule has 2 N–H and O–H groups in total. The summed E-state index contributed by atoms with van der Waals surface area (Å²) in [5.74, 6) is 1.00. The van der Waals surface area contributed by atoms with Crippen molar-refractivity contribution in [2.24, 2.45) is 12.8 Å². The van der Waals surface area contributed by atoms with E-state index in [1.54, 1.807) is 10.9 Å². The Morgan fingerprint density at radius 1 is 1.38 bits per heavy atom. The second kappa shape index (κ2) is 5.79. The van der Waals surface area contributed by atoms with Gasteiger partial charge >= 0.3 is 0 Å². The molecule has 0 saturated carbocycles. The van der Waals surface area contributed by atoms with E-state index in [0.29, 0.717) is 18.1 Å². The summed E-state index contributed by atoms with van der Waals surface area (Å²) in [5, 5.41) is 8.08. The molecule has 0 spiro atoms. The largest absolute Gasteiger partial charge is 0.337 e. The molecule has 1 atom stereocenters. The minimum atomic E-state index is -0.459. The SMILES string of the molecule is Cn1cc(C(N)c2nc(Cc3ccccc3Br)no2)cn1. The predicted molar refractivity (Wildman–Crippen MR) is 80.5 cm³/mol. The lowest BCUT2D eigenvalue weighted by molar-refractivity contribution is 0.363. The first-order chi connectivity index (χ1) is 10.1. The van der Waals surface area contributed by atoms with E-state index >= 15 is 0 Å². The lowest BCUT2D eigenvalue weighted by Crippen LogP contribution is -2.11. The highest BCUT2D eigenvalue weighted by Crippen LogP contribution is 2.21. The van der Waals surface area contributed by atoms with Crippen molar-refractivity contribution in [2.45, 2.75) is 12.5 Å². The van der Waals surface area contributed by atoms with Crippen molar-refractivity contribution in [3.63, 3.8) is 0 Å². The van der Waals surface area contributed by atoms with Crippen LogP contribution in [0.5, 0.6) is 0 Å². The van der Waals surface area contributed by atoms with Crippen LogP contribution in [0.3, 0.4) is 0 Å². The minimum absolute atomic E-state index is 0.394. The van der Waals surface area contributed by atoms with Crippen molar-refractivity contribution in [3.8, 4) is 0 Å². The van der Waals surface area contributed by atoms with Crippen molar-refractivity contribution >= 4 is 15.9 Å². The van der Waals surface area contributed by atoms with Gasteiger partial charge in [0, 0.05) is 29.7 Å². The minimum Gasteiger partial charge on any atom is -0.337 e. The van der Waals surface area contributed by atoms with Crippen LogP contribution in [0.15, 0.2) is 45.7 Å². The molecule has 3 aromatic rings. The molecule has 0 aliphatic heterocycles. The molecule has 0 saturated heterocycles. The zero-order valence-electron chi connectivity index (χ0n) is 11.4. The first kappa shape index (κ1) is 14.0. The van der Waals surface area contributed by atoms with Crippen LogP contribution in [0.25, 0.3) is 0 Å². The molecule has 0 radical (unpaired) electrons. The van der Waals surface area contributed by atoms with Gasteiger partial charge in [0.15, 0.2) is 5.82 Å². The molecular formula is C14H14BrN5O. The summed E-state index contributed by atoms with van der Waals surface area (Å²) in [4.78, 5) is 4.37. The fourth-order valence-corrected chi connectivity index (χ4v) is 2.45. The van der Waals surface area contributed by atoms with Gasteiger partial charge in [0.2, 0.25) is 5.89 Å². The standard InChI is InChI=1S/C14H14BrN5O/c1-20-8-10(7-17-20)13(16)14-18-12(19-21-14)6-9-4-2-3-5-11(9)15/h2-5,7-8,13H,6,16H2,1H3. The molecule has 21 heavy (non-hydrogen) atoms. The third kappa shape index (κ3) is 3.03. The maximum absolute atomic E-state index is 6.11. The fraction of sp³-hybridized carbons (Fsp3) is 0.214. The maximum Gasteiger partial charge on any atom is 0.248 e. The highest BCUT2D eigenvalue weighted by atomic mass is 79.9. The van der Waals surface area contributed by atoms with Gasteiger partial charge in [-0.2, -0.15) is 10.1 Å². The number of hydrogen-bond donors (Lipinski definition) is 1. The van der Waals surface area contributed by atoms with Gasteiger partial charge in [-0.25, -0.2) is 0 Å². The zero-order chi connectivity index (χ0) is 14.8. The van der Waals surface area contributed by atoms with Gasteiger partial charge in [0.25, 0.3) is 0 Å². The monoisotopic (exact) mass is 347 g/mol. The topological polar surface area (TPSA) is 82.8 Å². The van der Waals surface area contributed by atoms with Crippen molar-refractivity contribution < 1.29 is 4.52 Å². The number of aromatic nitrogens is 4. The molecule has 6 nitrogen and oxygen atoms in total. The molecule has 0 fully saturated rings. The Hall–Kier alpha value is -1.99. The van der Waals surface area contributed by atoms with Crippen LogP contribution >= 0.6 is 15.9 Å². The quantitative estimate of drug-likeness (QED) is 0.782. The molecule has 3 rings (SSSR count). The Kier molecular flexibility index (Phi) is 3.85. The first-order valence-electron chi connectivity index (χ1n) is 6.43. The summed E-state index contributed by atoms with van der Waals surface area (Å²) < 4.78 is 7.97. The van der Waals surface area contributed by atoms with Gasteiger partial charge in [0.1, 0.15) is 6.04 Å². The molecule has 0 aliphatic carbocycles. The number of nitrogens with zero attached hydrogens (tertiary/aromatic N) is 4. The van der Waals surface area contributed by atoms with Gasteiger partial charge in [-0.15, -0.1) is 0 Å². The van der Waals surface area contributed by atoms with Gasteiger partial charge in [-0.3, -0.25) is 4.68 Å². The maximum atomic E-state index is 6.11. The van der Waals surface area contributed by atoms with Gasteiger partial charge < -0.3 is 10.3 Å². The van der Waals surface area contributed by atoms with E-state index < -0.39 is 6.04 Å². The van der Waals surface area contributed by atoms with E-state index in [1.807, 2.05) is 37.5 Å². The van der Waals surface area contributed by atoms with Crippen LogP contribution < -0.4 is 5.73 Å².